The Balaban J connectivity index is 3.81. The lowest BCUT2D eigenvalue weighted by molar-refractivity contribution is 0.555. The van der Waals surface area contributed by atoms with E-state index in [-0.39, 0.29) is 11.8 Å². The number of hydrogen-bond donors (Lipinski definition) is 0. The normalized spacial score (nSPS) is 13.6. The third-order valence-electron chi connectivity index (χ3n) is 1.18. The zero-order chi connectivity index (χ0) is 8.91. The summed E-state index contributed by atoms with van der Waals surface area (Å²) in [6.07, 6.45) is 2.92. The standard InChI is InChI=1S/C6H11NO3S/c1-6(7-5-8)3-4-11(2,9)10/h6H,3-4H2,1-2H3. The molecule has 0 rings (SSSR count). The van der Waals surface area contributed by atoms with E-state index in [9.17, 15) is 13.2 Å². The van der Waals surface area contributed by atoms with Gasteiger partial charge in [0.1, 0.15) is 9.84 Å². The quantitative estimate of drug-likeness (QED) is 0.453. The average molecular weight is 177 g/mol. The molecule has 0 aliphatic rings. The molecule has 0 aliphatic heterocycles. The molecule has 1 unspecified atom stereocenters. The minimum Gasteiger partial charge on any atom is -0.229 e. The number of hydrogen-bond acceptors (Lipinski definition) is 4. The van der Waals surface area contributed by atoms with Gasteiger partial charge in [0.15, 0.2) is 0 Å². The van der Waals surface area contributed by atoms with E-state index in [1.165, 1.54) is 6.08 Å². The van der Waals surface area contributed by atoms with Crippen LogP contribution in [-0.2, 0) is 14.6 Å². The highest BCUT2D eigenvalue weighted by molar-refractivity contribution is 7.90. The fourth-order valence-electron chi connectivity index (χ4n) is 0.539. The number of isocyanates is 1. The zero-order valence-corrected chi connectivity index (χ0v) is 7.39. The summed E-state index contributed by atoms with van der Waals surface area (Å²) in [6, 6.07) is -0.248. The fraction of sp³-hybridized carbons (Fsp3) is 0.833. The molecule has 0 heterocycles. The van der Waals surface area contributed by atoms with Crippen LogP contribution in [0.1, 0.15) is 13.3 Å². The Kier molecular flexibility index (Phi) is 4.00. The molecule has 0 saturated heterocycles. The second-order valence-electron chi connectivity index (χ2n) is 2.49. The first-order chi connectivity index (χ1) is 4.95. The van der Waals surface area contributed by atoms with Crippen molar-refractivity contribution in [2.75, 3.05) is 12.0 Å². The number of rotatable bonds is 4. The summed E-state index contributed by atoms with van der Waals surface area (Å²) < 4.78 is 21.2. The molecule has 1 atom stereocenters. The second-order valence-corrected chi connectivity index (χ2v) is 4.75. The first kappa shape index (κ1) is 10.3. The predicted octanol–water partition coefficient (Wildman–Crippen LogP) is 0.145. The Hall–Kier alpha value is -0.670. The lowest BCUT2D eigenvalue weighted by Crippen LogP contribution is -2.09. The maximum atomic E-state index is 10.6. The molecule has 5 heteroatoms. The van der Waals surface area contributed by atoms with E-state index >= 15 is 0 Å². The molecular weight excluding hydrogens is 166 g/mol. The zero-order valence-electron chi connectivity index (χ0n) is 6.57. The van der Waals surface area contributed by atoms with Gasteiger partial charge in [-0.15, -0.1) is 0 Å². The van der Waals surface area contributed by atoms with Crippen LogP contribution in [0.4, 0.5) is 0 Å². The van der Waals surface area contributed by atoms with Crippen LogP contribution in [0.25, 0.3) is 0 Å². The molecule has 0 aromatic heterocycles. The molecule has 0 radical (unpaired) electrons. The largest absolute Gasteiger partial charge is 0.235 e. The van der Waals surface area contributed by atoms with E-state index in [0.717, 1.165) is 6.26 Å². The third kappa shape index (κ3) is 7.22. The molecule has 4 nitrogen and oxygen atoms in total. The Morgan fingerprint density at radius 1 is 1.55 bits per heavy atom. The summed E-state index contributed by atoms with van der Waals surface area (Å²) in [5, 5.41) is 0. The Morgan fingerprint density at radius 3 is 2.45 bits per heavy atom. The van der Waals surface area contributed by atoms with Crippen LogP contribution >= 0.6 is 0 Å². The molecule has 0 saturated carbocycles. The molecule has 0 spiro atoms. The number of carbonyl (C=O) groups excluding carboxylic acids is 1. The number of aliphatic imine (C=N–C) groups is 1. The van der Waals surface area contributed by atoms with Crippen molar-refractivity contribution in [2.45, 2.75) is 19.4 Å². The van der Waals surface area contributed by atoms with E-state index in [1.807, 2.05) is 0 Å². The maximum absolute atomic E-state index is 10.6. The van der Waals surface area contributed by atoms with Gasteiger partial charge in [0.25, 0.3) is 0 Å². The summed E-state index contributed by atoms with van der Waals surface area (Å²) in [4.78, 5) is 13.1. The SMILES string of the molecule is CC(CCS(C)(=O)=O)N=C=O. The lowest BCUT2D eigenvalue weighted by atomic mass is 10.3. The van der Waals surface area contributed by atoms with Crippen LogP contribution in [0.3, 0.4) is 0 Å². The summed E-state index contributed by atoms with van der Waals surface area (Å²) >= 11 is 0. The van der Waals surface area contributed by atoms with Crippen molar-refractivity contribution in [1.29, 1.82) is 0 Å². The molecule has 64 valence electrons. The van der Waals surface area contributed by atoms with Gasteiger partial charge in [0.05, 0.1) is 11.8 Å². The van der Waals surface area contributed by atoms with E-state index in [1.54, 1.807) is 6.92 Å². The molecule has 0 aromatic carbocycles. The highest BCUT2D eigenvalue weighted by Crippen LogP contribution is 1.98. The van der Waals surface area contributed by atoms with Crippen molar-refractivity contribution in [3.8, 4) is 0 Å². The number of nitrogens with zero attached hydrogens (tertiary/aromatic N) is 1. The van der Waals surface area contributed by atoms with Crippen molar-refractivity contribution in [1.82, 2.24) is 0 Å². The van der Waals surface area contributed by atoms with Crippen molar-refractivity contribution in [2.24, 2.45) is 4.99 Å². The van der Waals surface area contributed by atoms with Crippen molar-refractivity contribution >= 4 is 15.9 Å². The van der Waals surface area contributed by atoms with Crippen LogP contribution in [-0.4, -0.2) is 32.5 Å². The minimum atomic E-state index is -2.93. The monoisotopic (exact) mass is 177 g/mol. The molecular formula is C6H11NO3S. The van der Waals surface area contributed by atoms with Gasteiger partial charge in [-0.05, 0) is 13.3 Å². The van der Waals surface area contributed by atoms with E-state index in [0.29, 0.717) is 6.42 Å². The summed E-state index contributed by atoms with van der Waals surface area (Å²) in [6.45, 7) is 1.68. The summed E-state index contributed by atoms with van der Waals surface area (Å²) in [5.74, 6) is 0.0688. The second kappa shape index (κ2) is 4.26. The van der Waals surface area contributed by atoms with Gasteiger partial charge >= 0.3 is 0 Å². The van der Waals surface area contributed by atoms with Gasteiger partial charge in [-0.2, -0.15) is 0 Å². The first-order valence-electron chi connectivity index (χ1n) is 3.20. The number of sulfone groups is 1. The van der Waals surface area contributed by atoms with Gasteiger partial charge in [-0.1, -0.05) is 0 Å². The van der Waals surface area contributed by atoms with Gasteiger partial charge in [0.2, 0.25) is 6.08 Å². The molecule has 11 heavy (non-hydrogen) atoms. The first-order valence-corrected chi connectivity index (χ1v) is 5.26. The van der Waals surface area contributed by atoms with E-state index < -0.39 is 9.84 Å². The van der Waals surface area contributed by atoms with Crippen LogP contribution in [0.5, 0.6) is 0 Å². The van der Waals surface area contributed by atoms with Crippen molar-refractivity contribution < 1.29 is 13.2 Å². The van der Waals surface area contributed by atoms with Gasteiger partial charge in [0, 0.05) is 6.26 Å². The highest BCUT2D eigenvalue weighted by Gasteiger charge is 2.05. The molecule has 0 aliphatic carbocycles. The molecule has 0 N–H and O–H groups in total. The Morgan fingerprint density at radius 2 is 2.09 bits per heavy atom. The Bertz CT molecular complexity index is 251. The van der Waals surface area contributed by atoms with Crippen LogP contribution < -0.4 is 0 Å². The van der Waals surface area contributed by atoms with Gasteiger partial charge in [-0.25, -0.2) is 18.2 Å². The van der Waals surface area contributed by atoms with Crippen LogP contribution in [0.2, 0.25) is 0 Å². The minimum absolute atomic E-state index is 0.0688. The van der Waals surface area contributed by atoms with Gasteiger partial charge in [-0.3, -0.25) is 0 Å². The summed E-state index contributed by atoms with van der Waals surface area (Å²) in [7, 11) is -2.93. The average Bonchev–Trinajstić information content (AvgIpc) is 1.83. The highest BCUT2D eigenvalue weighted by atomic mass is 32.2. The van der Waals surface area contributed by atoms with Crippen molar-refractivity contribution in [3.63, 3.8) is 0 Å². The maximum Gasteiger partial charge on any atom is 0.235 e. The van der Waals surface area contributed by atoms with E-state index in [4.69, 9.17) is 0 Å². The molecule has 0 amide bonds. The smallest absolute Gasteiger partial charge is 0.229 e. The van der Waals surface area contributed by atoms with Crippen LogP contribution in [0, 0.1) is 0 Å². The van der Waals surface area contributed by atoms with Crippen LogP contribution in [0.15, 0.2) is 4.99 Å². The van der Waals surface area contributed by atoms with Crippen molar-refractivity contribution in [3.05, 3.63) is 0 Å². The molecule has 0 bridgehead atoms. The van der Waals surface area contributed by atoms with Gasteiger partial charge < -0.3 is 0 Å². The van der Waals surface area contributed by atoms with E-state index in [2.05, 4.69) is 4.99 Å². The summed E-state index contributed by atoms with van der Waals surface area (Å²) in [5.41, 5.74) is 0. The molecule has 0 aromatic rings. The predicted molar refractivity (Wildman–Crippen MR) is 41.9 cm³/mol. The third-order valence-corrected chi connectivity index (χ3v) is 2.16. The Labute approximate surface area is 66.2 Å². The molecule has 0 fully saturated rings. The topological polar surface area (TPSA) is 63.6 Å². The lowest BCUT2D eigenvalue weighted by Gasteiger charge is -2.00. The fourth-order valence-corrected chi connectivity index (χ4v) is 1.31.